The normalized spacial score (nSPS) is 27.9. The zero-order valence-electron chi connectivity index (χ0n) is 19.6. The Morgan fingerprint density at radius 1 is 0.667 bits per heavy atom. The van der Waals surface area contributed by atoms with Crippen molar-refractivity contribution >= 4 is 19.8 Å². The fourth-order valence-corrected chi connectivity index (χ4v) is 4.10. The zero-order chi connectivity index (χ0) is 22.0. The van der Waals surface area contributed by atoms with Crippen molar-refractivity contribution in [3.8, 4) is 0 Å². The number of hydrogen-bond donors (Lipinski definition) is 0. The van der Waals surface area contributed by atoms with Gasteiger partial charge >= 0.3 is 14.2 Å². The first-order valence-electron chi connectivity index (χ1n) is 11.0. The number of allylic oxidation sites excluding steroid dienone is 4. The maximum Gasteiger partial charge on any atom is 0.466 e. The molecule has 160 valence electrons. The fraction of sp³-hybridized carbons (Fsp3) is 0.583. The summed E-state index contributed by atoms with van der Waals surface area (Å²) in [6.45, 7) is 16.7. The Kier molecular flexibility index (Phi) is 4.98. The summed E-state index contributed by atoms with van der Waals surface area (Å²) in [6.07, 6.45) is 7.32. The second kappa shape index (κ2) is 6.83. The van der Waals surface area contributed by atoms with Crippen LogP contribution in [-0.4, -0.2) is 36.6 Å². The minimum atomic E-state index is -0.575. The monoisotopic (exact) mass is 408 g/mol. The maximum atomic E-state index is 6.53. The van der Waals surface area contributed by atoms with Gasteiger partial charge in [0.1, 0.15) is 0 Å². The molecule has 1 aromatic carbocycles. The van der Waals surface area contributed by atoms with Gasteiger partial charge in [-0.15, -0.1) is 0 Å². The van der Waals surface area contributed by atoms with E-state index < -0.39 is 41.9 Å². The van der Waals surface area contributed by atoms with Crippen LogP contribution in [0, 0.1) is 0 Å². The summed E-state index contributed by atoms with van der Waals surface area (Å²) in [5.74, 6) is 0. The zero-order valence-corrected chi connectivity index (χ0v) is 19.6. The molecule has 0 amide bonds. The highest BCUT2D eigenvalue weighted by Gasteiger charge is 2.68. The molecule has 6 heteroatoms. The van der Waals surface area contributed by atoms with Crippen molar-refractivity contribution in [1.82, 2.24) is 0 Å². The van der Waals surface area contributed by atoms with E-state index >= 15 is 0 Å². The number of rotatable bonds is 3. The molecule has 2 aliphatic heterocycles. The lowest BCUT2D eigenvalue weighted by atomic mass is 9.36. The van der Waals surface area contributed by atoms with Gasteiger partial charge in [0.15, 0.2) is 0 Å². The number of benzene rings is 1. The third-order valence-corrected chi connectivity index (χ3v) is 7.74. The van der Waals surface area contributed by atoms with Gasteiger partial charge in [-0.2, -0.15) is 0 Å². The molecule has 4 nitrogen and oxygen atoms in total. The van der Waals surface area contributed by atoms with Gasteiger partial charge in [-0.25, -0.2) is 0 Å². The Morgan fingerprint density at radius 2 is 1.10 bits per heavy atom. The summed E-state index contributed by atoms with van der Waals surface area (Å²) >= 11 is 0. The van der Waals surface area contributed by atoms with E-state index in [1.807, 2.05) is 6.07 Å². The van der Waals surface area contributed by atoms with Crippen LogP contribution in [0.1, 0.15) is 67.4 Å². The lowest BCUT2D eigenvalue weighted by Gasteiger charge is -2.35. The van der Waals surface area contributed by atoms with Gasteiger partial charge < -0.3 is 18.6 Å². The lowest BCUT2D eigenvalue weighted by Crippen LogP contribution is -2.48. The summed E-state index contributed by atoms with van der Waals surface area (Å²) < 4.78 is 26.1. The smallest absolute Gasteiger partial charge is 0.403 e. The first kappa shape index (κ1) is 21.9. The Balaban J connectivity index is 1.72. The molecule has 2 saturated heterocycles. The van der Waals surface area contributed by atoms with Crippen molar-refractivity contribution in [2.75, 3.05) is 0 Å². The SMILES string of the molecule is CC1(C)OB(C2(B3OC(C)(C)C(C)(C)O3)C=CC(c3ccccc3)=CC2)OC1(C)C. The van der Waals surface area contributed by atoms with E-state index in [-0.39, 0.29) is 0 Å². The average Bonchev–Trinajstić information content (AvgIpc) is 3.02. The molecule has 30 heavy (non-hydrogen) atoms. The topological polar surface area (TPSA) is 36.9 Å². The van der Waals surface area contributed by atoms with Crippen LogP contribution in [0.4, 0.5) is 0 Å². The van der Waals surface area contributed by atoms with Gasteiger partial charge in [-0.3, -0.25) is 0 Å². The summed E-state index contributed by atoms with van der Waals surface area (Å²) in [5.41, 5.74) is 0.693. The Morgan fingerprint density at radius 3 is 1.47 bits per heavy atom. The highest BCUT2D eigenvalue weighted by Crippen LogP contribution is 2.55. The van der Waals surface area contributed by atoms with Gasteiger partial charge in [0.05, 0.1) is 27.6 Å². The fourth-order valence-electron chi connectivity index (χ4n) is 4.10. The van der Waals surface area contributed by atoms with E-state index in [9.17, 15) is 0 Å². The van der Waals surface area contributed by atoms with E-state index in [1.165, 1.54) is 11.1 Å². The standard InChI is InChI=1S/C24H34B2O4/c1-20(2)21(3,4)28-25(27-20)24(26-29-22(5,6)23(7,8)30-26)16-14-19(15-17-24)18-12-10-9-11-13-18/h9-16H,17H2,1-8H3. The molecule has 3 aliphatic rings. The molecule has 0 atom stereocenters. The summed E-state index contributed by atoms with van der Waals surface area (Å²) in [4.78, 5) is 0. The molecule has 0 spiro atoms. The van der Waals surface area contributed by atoms with Gasteiger partial charge in [-0.05, 0) is 72.9 Å². The highest BCUT2D eigenvalue weighted by atomic mass is 16.7. The maximum absolute atomic E-state index is 6.53. The Hall–Kier alpha value is -1.33. The molecule has 2 fully saturated rings. The molecule has 1 aliphatic carbocycles. The molecular weight excluding hydrogens is 374 g/mol. The first-order chi connectivity index (χ1) is 13.8. The van der Waals surface area contributed by atoms with Crippen LogP contribution in [0.3, 0.4) is 0 Å². The van der Waals surface area contributed by atoms with Crippen LogP contribution >= 0.6 is 0 Å². The molecular formula is C24H34B2O4. The molecule has 1 aromatic rings. The van der Waals surface area contributed by atoms with E-state index in [0.29, 0.717) is 6.42 Å². The third-order valence-electron chi connectivity index (χ3n) is 7.74. The quantitative estimate of drug-likeness (QED) is 0.620. The van der Waals surface area contributed by atoms with Crippen LogP contribution < -0.4 is 0 Å². The van der Waals surface area contributed by atoms with Crippen molar-refractivity contribution in [2.24, 2.45) is 0 Å². The molecule has 0 aromatic heterocycles. The number of hydrogen-bond acceptors (Lipinski definition) is 4. The Bertz CT molecular complexity index is 802. The minimum absolute atomic E-state index is 0.425. The summed E-state index contributed by atoms with van der Waals surface area (Å²) in [5, 5.41) is -0.575. The molecule has 0 saturated carbocycles. The predicted octanol–water partition coefficient (Wildman–Crippen LogP) is 5.49. The van der Waals surface area contributed by atoms with Crippen molar-refractivity contribution in [2.45, 2.75) is 89.4 Å². The largest absolute Gasteiger partial charge is 0.466 e. The van der Waals surface area contributed by atoms with Crippen molar-refractivity contribution < 1.29 is 18.6 Å². The van der Waals surface area contributed by atoms with Gasteiger partial charge in [-0.1, -0.05) is 48.6 Å². The van der Waals surface area contributed by atoms with Crippen molar-refractivity contribution in [1.29, 1.82) is 0 Å². The van der Waals surface area contributed by atoms with E-state index in [4.69, 9.17) is 18.6 Å². The van der Waals surface area contributed by atoms with Crippen LogP contribution in [0.15, 0.2) is 48.6 Å². The van der Waals surface area contributed by atoms with Crippen molar-refractivity contribution in [3.05, 3.63) is 54.1 Å². The molecule has 0 N–H and O–H groups in total. The van der Waals surface area contributed by atoms with Crippen LogP contribution in [-0.2, 0) is 18.6 Å². The van der Waals surface area contributed by atoms with Gasteiger partial charge in [0, 0.05) is 0 Å². The second-order valence-electron chi connectivity index (χ2n) is 10.9. The first-order valence-corrected chi connectivity index (χ1v) is 11.0. The van der Waals surface area contributed by atoms with Gasteiger partial charge in [0.25, 0.3) is 0 Å². The average molecular weight is 408 g/mol. The minimum Gasteiger partial charge on any atom is -0.403 e. The highest BCUT2D eigenvalue weighted by molar-refractivity contribution is 6.72. The molecule has 0 unspecified atom stereocenters. The Labute approximate surface area is 182 Å². The van der Waals surface area contributed by atoms with Crippen LogP contribution in [0.5, 0.6) is 0 Å². The molecule has 0 radical (unpaired) electrons. The van der Waals surface area contributed by atoms with Gasteiger partial charge in [0.2, 0.25) is 0 Å². The second-order valence-corrected chi connectivity index (χ2v) is 10.9. The summed E-state index contributed by atoms with van der Waals surface area (Å²) in [7, 11) is -0.941. The molecule has 2 heterocycles. The summed E-state index contributed by atoms with van der Waals surface area (Å²) in [6, 6.07) is 10.4. The lowest BCUT2D eigenvalue weighted by molar-refractivity contribution is 0.00578. The van der Waals surface area contributed by atoms with Crippen LogP contribution in [0.25, 0.3) is 5.57 Å². The predicted molar refractivity (Wildman–Crippen MR) is 123 cm³/mol. The van der Waals surface area contributed by atoms with E-state index in [2.05, 4.69) is 97.9 Å². The molecule has 0 bridgehead atoms. The third kappa shape index (κ3) is 3.33. The van der Waals surface area contributed by atoms with E-state index in [1.54, 1.807) is 0 Å². The molecule has 4 rings (SSSR count). The van der Waals surface area contributed by atoms with Crippen molar-refractivity contribution in [3.63, 3.8) is 0 Å². The van der Waals surface area contributed by atoms with Crippen LogP contribution in [0.2, 0.25) is 5.21 Å². The van der Waals surface area contributed by atoms with E-state index in [0.717, 1.165) is 0 Å².